The van der Waals surface area contributed by atoms with Crippen molar-refractivity contribution in [2.75, 3.05) is 18.4 Å². The molecule has 244 valence electrons. The summed E-state index contributed by atoms with van der Waals surface area (Å²) in [6, 6.07) is 5.94. The Kier molecular flexibility index (Phi) is 14.0. The number of pyridine rings is 1. The number of hydrogen-bond donors (Lipinski definition) is 3. The highest BCUT2D eigenvalue weighted by atomic mass is 19.1. The van der Waals surface area contributed by atoms with Crippen molar-refractivity contribution in [2.24, 2.45) is 10.9 Å². The number of nitrogens with one attached hydrogen (secondary N) is 3. The lowest BCUT2D eigenvalue weighted by molar-refractivity contribution is 0.343. The van der Waals surface area contributed by atoms with Crippen molar-refractivity contribution in [1.29, 1.82) is 0 Å². The second-order valence-corrected chi connectivity index (χ2v) is 12.0. The van der Waals surface area contributed by atoms with Gasteiger partial charge in [-0.05, 0) is 81.9 Å². The SMILES string of the molecule is C=C(Nc1cnn(C2CCNCC2)c1)c1cnc2[nH]cc(-c3cc(C)c(N=C(C)C)c(F)c3)c2c1.CC.CCCC(C)CCC. The van der Waals surface area contributed by atoms with E-state index in [2.05, 4.69) is 58.0 Å². The zero-order valence-electron chi connectivity index (χ0n) is 28.7. The monoisotopic (exact) mass is 615 g/mol. The zero-order valence-corrected chi connectivity index (χ0v) is 28.7. The highest BCUT2D eigenvalue weighted by molar-refractivity contribution is 5.96. The molecule has 0 amide bonds. The lowest BCUT2D eigenvalue weighted by atomic mass is 10.0. The van der Waals surface area contributed by atoms with Crippen LogP contribution in [0.15, 0.2) is 54.6 Å². The molecule has 0 unspecified atom stereocenters. The molecule has 1 aliphatic rings. The Morgan fingerprint density at radius 2 is 1.80 bits per heavy atom. The van der Waals surface area contributed by atoms with Crippen molar-refractivity contribution < 1.29 is 4.39 Å². The number of aromatic amines is 1. The van der Waals surface area contributed by atoms with Gasteiger partial charge in [0, 0.05) is 46.5 Å². The van der Waals surface area contributed by atoms with E-state index in [0.717, 1.165) is 82.2 Å². The van der Waals surface area contributed by atoms with Gasteiger partial charge in [-0.15, -0.1) is 0 Å². The lowest BCUT2D eigenvalue weighted by Crippen LogP contribution is -2.29. The first-order valence-corrected chi connectivity index (χ1v) is 16.7. The minimum absolute atomic E-state index is 0.337. The van der Waals surface area contributed by atoms with Crippen LogP contribution in [0.4, 0.5) is 15.8 Å². The molecule has 0 aliphatic carbocycles. The Labute approximate surface area is 269 Å². The summed E-state index contributed by atoms with van der Waals surface area (Å²) in [4.78, 5) is 12.1. The van der Waals surface area contributed by atoms with E-state index >= 15 is 0 Å². The minimum atomic E-state index is -0.337. The average Bonchev–Trinajstić information content (AvgIpc) is 3.68. The van der Waals surface area contributed by atoms with E-state index in [-0.39, 0.29) is 5.82 Å². The first kappa shape index (κ1) is 35.7. The fourth-order valence-corrected chi connectivity index (χ4v) is 5.71. The van der Waals surface area contributed by atoms with E-state index in [1.165, 1.54) is 31.7 Å². The van der Waals surface area contributed by atoms with Crippen molar-refractivity contribution in [3.05, 3.63) is 66.5 Å². The zero-order chi connectivity index (χ0) is 32.9. The summed E-state index contributed by atoms with van der Waals surface area (Å²) >= 11 is 0. The average molecular weight is 616 g/mol. The molecule has 4 heterocycles. The smallest absolute Gasteiger partial charge is 0.149 e. The van der Waals surface area contributed by atoms with Crippen LogP contribution in [0, 0.1) is 18.7 Å². The van der Waals surface area contributed by atoms with Crippen LogP contribution in [0.3, 0.4) is 0 Å². The number of hydrogen-bond acceptors (Lipinski definition) is 5. The number of halogens is 1. The largest absolute Gasteiger partial charge is 0.353 e. The van der Waals surface area contributed by atoms with Crippen LogP contribution >= 0.6 is 0 Å². The van der Waals surface area contributed by atoms with Gasteiger partial charge < -0.3 is 15.6 Å². The first-order valence-electron chi connectivity index (χ1n) is 16.7. The number of anilines is 1. The van der Waals surface area contributed by atoms with E-state index in [1.807, 2.05) is 70.0 Å². The summed E-state index contributed by atoms with van der Waals surface area (Å²) in [5.41, 5.74) is 6.85. The highest BCUT2D eigenvalue weighted by Gasteiger charge is 2.17. The summed E-state index contributed by atoms with van der Waals surface area (Å²) in [6.45, 7) is 22.7. The maximum atomic E-state index is 14.9. The van der Waals surface area contributed by atoms with Gasteiger partial charge >= 0.3 is 0 Å². The molecule has 4 aromatic rings. The van der Waals surface area contributed by atoms with Crippen molar-refractivity contribution >= 4 is 33.8 Å². The lowest BCUT2D eigenvalue weighted by Gasteiger charge is -2.22. The third-order valence-electron chi connectivity index (χ3n) is 7.92. The Balaban J connectivity index is 0.000000483. The molecular weight excluding hydrogens is 561 g/mol. The molecule has 1 aromatic carbocycles. The van der Waals surface area contributed by atoms with Gasteiger partial charge in [0.2, 0.25) is 0 Å². The molecule has 0 spiro atoms. The molecule has 1 saturated heterocycles. The summed E-state index contributed by atoms with van der Waals surface area (Å²) in [7, 11) is 0. The molecule has 3 N–H and O–H groups in total. The van der Waals surface area contributed by atoms with Gasteiger partial charge in [-0.25, -0.2) is 9.37 Å². The highest BCUT2D eigenvalue weighted by Crippen LogP contribution is 2.34. The van der Waals surface area contributed by atoms with Gasteiger partial charge in [-0.2, -0.15) is 5.10 Å². The predicted molar refractivity (Wildman–Crippen MR) is 191 cm³/mol. The van der Waals surface area contributed by atoms with Crippen LogP contribution in [-0.4, -0.2) is 38.5 Å². The molecule has 3 aromatic heterocycles. The summed E-state index contributed by atoms with van der Waals surface area (Å²) in [5, 5.41) is 12.2. The second kappa shape index (κ2) is 17.6. The minimum Gasteiger partial charge on any atom is -0.353 e. The predicted octanol–water partition coefficient (Wildman–Crippen LogP) is 10.2. The van der Waals surface area contributed by atoms with Gasteiger partial charge in [0.1, 0.15) is 17.2 Å². The van der Waals surface area contributed by atoms with Gasteiger partial charge in [0.25, 0.3) is 0 Å². The molecule has 0 atom stereocenters. The molecule has 1 fully saturated rings. The van der Waals surface area contributed by atoms with Crippen LogP contribution in [-0.2, 0) is 0 Å². The van der Waals surface area contributed by atoms with E-state index in [4.69, 9.17) is 0 Å². The molecular formula is C37H54FN7. The van der Waals surface area contributed by atoms with Gasteiger partial charge in [0.05, 0.1) is 17.9 Å². The number of H-pyrrole nitrogens is 1. The second-order valence-electron chi connectivity index (χ2n) is 12.0. The molecule has 0 bridgehead atoms. The topological polar surface area (TPSA) is 82.9 Å². The number of aliphatic imine (C=N–C) groups is 1. The van der Waals surface area contributed by atoms with Crippen LogP contribution < -0.4 is 10.6 Å². The Hall–Kier alpha value is -3.78. The summed E-state index contributed by atoms with van der Waals surface area (Å²) in [6.07, 6.45) is 15.2. The molecule has 1 aliphatic heterocycles. The Morgan fingerprint density at radius 1 is 1.11 bits per heavy atom. The fraction of sp³-hybridized carbons (Fsp3) is 0.486. The third kappa shape index (κ3) is 9.85. The Morgan fingerprint density at radius 3 is 2.42 bits per heavy atom. The molecule has 8 heteroatoms. The van der Waals surface area contributed by atoms with Crippen LogP contribution in [0.25, 0.3) is 27.9 Å². The number of benzene rings is 1. The van der Waals surface area contributed by atoms with Crippen LogP contribution in [0.5, 0.6) is 0 Å². The maximum absolute atomic E-state index is 14.9. The normalized spacial score (nSPS) is 13.1. The quantitative estimate of drug-likeness (QED) is 0.155. The van der Waals surface area contributed by atoms with E-state index in [0.29, 0.717) is 11.7 Å². The maximum Gasteiger partial charge on any atom is 0.149 e. The van der Waals surface area contributed by atoms with Gasteiger partial charge in [0.15, 0.2) is 0 Å². The van der Waals surface area contributed by atoms with E-state index in [9.17, 15) is 4.39 Å². The van der Waals surface area contributed by atoms with Gasteiger partial charge in [-0.1, -0.05) is 66.9 Å². The standard InChI is InChI=1S/C27H30FN7.C8H18.C2H6/c1-16(2)33-26-17(3)9-19(11-25(26)28)24-14-31-27-23(24)10-20(12-30-27)18(4)34-21-13-32-35(15-21)22-5-7-29-8-6-22;1-4-6-8(3)7-5-2;1-2/h9-15,22,29,34H,4-8H2,1-3H3,(H,30,31);8H,4-7H2,1-3H3;1-2H3. The molecule has 5 rings (SSSR count). The third-order valence-corrected chi connectivity index (χ3v) is 7.92. The molecule has 45 heavy (non-hydrogen) atoms. The number of nitrogens with zero attached hydrogens (tertiary/aromatic N) is 4. The molecule has 7 nitrogen and oxygen atoms in total. The number of piperidine rings is 1. The fourth-order valence-electron chi connectivity index (χ4n) is 5.71. The van der Waals surface area contributed by atoms with Crippen molar-refractivity contribution in [1.82, 2.24) is 25.1 Å². The molecule has 0 saturated carbocycles. The van der Waals surface area contributed by atoms with Crippen molar-refractivity contribution in [2.45, 2.75) is 100.0 Å². The van der Waals surface area contributed by atoms with Gasteiger partial charge in [-0.3, -0.25) is 9.67 Å². The van der Waals surface area contributed by atoms with E-state index in [1.54, 1.807) is 6.20 Å². The number of fused-ring (bicyclic) bond motifs is 1. The van der Waals surface area contributed by atoms with Crippen LogP contribution in [0.1, 0.15) is 104 Å². The summed E-state index contributed by atoms with van der Waals surface area (Å²) in [5.74, 6) is 0.626. The Bertz CT molecular complexity index is 1510. The molecule has 0 radical (unpaired) electrons. The van der Waals surface area contributed by atoms with Crippen LogP contribution in [0.2, 0.25) is 0 Å². The first-order chi connectivity index (χ1) is 21.7. The summed E-state index contributed by atoms with van der Waals surface area (Å²) < 4.78 is 16.9. The van der Waals surface area contributed by atoms with Crippen molar-refractivity contribution in [3.63, 3.8) is 0 Å². The number of aryl methyl sites for hydroxylation is 1. The van der Waals surface area contributed by atoms with E-state index < -0.39 is 0 Å². The number of aromatic nitrogens is 4. The number of rotatable bonds is 10. The van der Waals surface area contributed by atoms with Crippen molar-refractivity contribution in [3.8, 4) is 11.1 Å².